The number of nitrogens with zero attached hydrogens (tertiary/aromatic N) is 3. The van der Waals surface area contributed by atoms with Gasteiger partial charge in [-0.25, -0.2) is 0 Å². The summed E-state index contributed by atoms with van der Waals surface area (Å²) in [5.41, 5.74) is 1.07. The fourth-order valence-electron chi connectivity index (χ4n) is 2.92. The number of nitrogens with one attached hydrogen (secondary N) is 2. The van der Waals surface area contributed by atoms with E-state index in [1.165, 1.54) is 6.42 Å². The number of hydrogen-bond acceptors (Lipinski definition) is 3. The molecule has 1 fully saturated rings. The number of carbonyl (C=O) groups excluding carboxylic acids is 1. The minimum Gasteiger partial charge on any atom is -0.357 e. The van der Waals surface area contributed by atoms with Crippen molar-refractivity contribution in [2.24, 2.45) is 4.99 Å². The average molecular weight is 345 g/mol. The summed E-state index contributed by atoms with van der Waals surface area (Å²) in [6.07, 6.45) is 7.64. The van der Waals surface area contributed by atoms with Gasteiger partial charge in [0.1, 0.15) is 0 Å². The van der Waals surface area contributed by atoms with Gasteiger partial charge in [-0.3, -0.25) is 14.8 Å². The van der Waals surface area contributed by atoms with Gasteiger partial charge in [0, 0.05) is 57.5 Å². The van der Waals surface area contributed by atoms with Gasteiger partial charge in [0.2, 0.25) is 5.91 Å². The third-order valence-electron chi connectivity index (χ3n) is 4.27. The summed E-state index contributed by atoms with van der Waals surface area (Å²) < 4.78 is 0. The summed E-state index contributed by atoms with van der Waals surface area (Å²) >= 11 is 0. The van der Waals surface area contributed by atoms with E-state index < -0.39 is 0 Å². The molecule has 0 aliphatic carbocycles. The topological polar surface area (TPSA) is 69.6 Å². The van der Waals surface area contributed by atoms with Crippen LogP contribution in [-0.2, 0) is 11.2 Å². The maximum atomic E-state index is 12.0. The maximum Gasteiger partial charge on any atom is 0.222 e. The van der Waals surface area contributed by atoms with E-state index in [4.69, 9.17) is 0 Å². The van der Waals surface area contributed by atoms with Crippen LogP contribution in [-0.4, -0.2) is 54.5 Å². The van der Waals surface area contributed by atoms with Crippen molar-refractivity contribution in [3.8, 4) is 0 Å². The van der Waals surface area contributed by atoms with Crippen LogP contribution in [0.3, 0.4) is 0 Å². The maximum absolute atomic E-state index is 12.0. The summed E-state index contributed by atoms with van der Waals surface area (Å²) in [7, 11) is 0. The highest BCUT2D eigenvalue weighted by Gasteiger charge is 2.15. The lowest BCUT2D eigenvalue weighted by Crippen LogP contribution is -2.38. The summed E-state index contributed by atoms with van der Waals surface area (Å²) in [5, 5.41) is 6.61. The van der Waals surface area contributed by atoms with Crippen molar-refractivity contribution in [3.05, 3.63) is 30.1 Å². The highest BCUT2D eigenvalue weighted by molar-refractivity contribution is 5.79. The van der Waals surface area contributed by atoms with Crippen LogP contribution in [0.15, 0.2) is 29.4 Å². The summed E-state index contributed by atoms with van der Waals surface area (Å²) in [6.45, 7) is 6.14. The van der Waals surface area contributed by atoms with Crippen LogP contribution >= 0.6 is 0 Å². The molecule has 0 bridgehead atoms. The SMILES string of the molecule is CCNC(=NCCCN1CCCCCC1=O)NCCc1ccccn1. The second kappa shape index (κ2) is 11.4. The van der Waals surface area contributed by atoms with Gasteiger partial charge in [-0.15, -0.1) is 0 Å². The van der Waals surface area contributed by atoms with E-state index in [-0.39, 0.29) is 0 Å². The molecule has 0 radical (unpaired) electrons. The molecule has 0 spiro atoms. The van der Waals surface area contributed by atoms with Crippen LogP contribution < -0.4 is 10.6 Å². The van der Waals surface area contributed by atoms with E-state index in [2.05, 4.69) is 27.5 Å². The molecule has 0 atom stereocenters. The predicted molar refractivity (Wildman–Crippen MR) is 102 cm³/mol. The van der Waals surface area contributed by atoms with Crippen molar-refractivity contribution in [1.82, 2.24) is 20.5 Å². The molecule has 2 heterocycles. The Hall–Kier alpha value is -2.11. The highest BCUT2D eigenvalue weighted by atomic mass is 16.2. The standard InChI is InChI=1S/C19H31N5O/c1-2-20-19(23-14-11-17-9-5-6-12-21-17)22-13-8-16-24-15-7-3-4-10-18(24)25/h5-6,9,12H,2-4,7-8,10-11,13-16H2,1H3,(H2,20,22,23). The predicted octanol–water partition coefficient (Wildman–Crippen LogP) is 1.97. The zero-order valence-electron chi connectivity index (χ0n) is 15.3. The second-order valence-electron chi connectivity index (χ2n) is 6.30. The highest BCUT2D eigenvalue weighted by Crippen LogP contribution is 2.11. The quantitative estimate of drug-likeness (QED) is 0.429. The van der Waals surface area contributed by atoms with E-state index in [0.717, 1.165) is 70.1 Å². The van der Waals surface area contributed by atoms with Gasteiger partial charge in [-0.05, 0) is 38.3 Å². The van der Waals surface area contributed by atoms with Crippen LogP contribution in [0.1, 0.15) is 44.7 Å². The van der Waals surface area contributed by atoms with E-state index in [1.54, 1.807) is 0 Å². The lowest BCUT2D eigenvalue weighted by atomic mass is 10.2. The first-order valence-electron chi connectivity index (χ1n) is 9.49. The number of aliphatic imine (C=N–C) groups is 1. The van der Waals surface area contributed by atoms with E-state index in [1.807, 2.05) is 29.3 Å². The fourth-order valence-corrected chi connectivity index (χ4v) is 2.92. The summed E-state index contributed by atoms with van der Waals surface area (Å²) in [6, 6.07) is 5.97. The molecule has 1 amide bonds. The first kappa shape index (κ1) is 19.2. The Bertz CT molecular complexity index is 532. The van der Waals surface area contributed by atoms with Gasteiger partial charge in [0.05, 0.1) is 0 Å². The Morgan fingerprint density at radius 2 is 2.20 bits per heavy atom. The average Bonchev–Trinajstić information content (AvgIpc) is 2.84. The molecule has 6 heteroatoms. The molecule has 25 heavy (non-hydrogen) atoms. The van der Waals surface area contributed by atoms with Gasteiger partial charge in [0.25, 0.3) is 0 Å². The van der Waals surface area contributed by atoms with Crippen LogP contribution in [0.5, 0.6) is 0 Å². The molecule has 6 nitrogen and oxygen atoms in total. The van der Waals surface area contributed by atoms with Gasteiger partial charge in [-0.2, -0.15) is 0 Å². The molecule has 0 saturated carbocycles. The number of pyridine rings is 1. The van der Waals surface area contributed by atoms with E-state index in [9.17, 15) is 4.79 Å². The van der Waals surface area contributed by atoms with Crippen LogP contribution in [0, 0.1) is 0 Å². The fraction of sp³-hybridized carbons (Fsp3) is 0.632. The Kier molecular flexibility index (Phi) is 8.80. The minimum atomic E-state index is 0.307. The van der Waals surface area contributed by atoms with Gasteiger partial charge >= 0.3 is 0 Å². The van der Waals surface area contributed by atoms with Gasteiger partial charge < -0.3 is 15.5 Å². The third kappa shape index (κ3) is 7.54. The molecule has 1 aliphatic rings. The first-order valence-corrected chi connectivity index (χ1v) is 9.49. The van der Waals surface area contributed by atoms with E-state index >= 15 is 0 Å². The molecule has 1 aromatic heterocycles. The molecule has 2 N–H and O–H groups in total. The number of likely N-dealkylation sites (tertiary alicyclic amines) is 1. The number of rotatable bonds is 8. The molecule has 138 valence electrons. The largest absolute Gasteiger partial charge is 0.357 e. The number of guanidine groups is 1. The molecule has 1 aliphatic heterocycles. The number of aromatic nitrogens is 1. The molecular formula is C19H31N5O. The van der Waals surface area contributed by atoms with Crippen molar-refractivity contribution >= 4 is 11.9 Å². The zero-order chi connectivity index (χ0) is 17.7. The Morgan fingerprint density at radius 3 is 3.00 bits per heavy atom. The minimum absolute atomic E-state index is 0.307. The monoisotopic (exact) mass is 345 g/mol. The number of amides is 1. The van der Waals surface area contributed by atoms with Crippen molar-refractivity contribution < 1.29 is 4.79 Å². The summed E-state index contributed by atoms with van der Waals surface area (Å²) in [5.74, 6) is 1.14. The molecule has 0 aromatic carbocycles. The lowest BCUT2D eigenvalue weighted by Gasteiger charge is -2.20. The van der Waals surface area contributed by atoms with Crippen LogP contribution in [0.4, 0.5) is 0 Å². The number of hydrogen-bond donors (Lipinski definition) is 2. The normalized spacial score (nSPS) is 15.8. The Labute approximate surface area is 151 Å². The Balaban J connectivity index is 1.70. The Morgan fingerprint density at radius 1 is 1.28 bits per heavy atom. The number of carbonyl (C=O) groups is 1. The van der Waals surface area contributed by atoms with Crippen LogP contribution in [0.2, 0.25) is 0 Å². The van der Waals surface area contributed by atoms with Gasteiger partial charge in [-0.1, -0.05) is 12.5 Å². The summed E-state index contributed by atoms with van der Waals surface area (Å²) in [4.78, 5) is 22.9. The van der Waals surface area contributed by atoms with Crippen molar-refractivity contribution in [1.29, 1.82) is 0 Å². The third-order valence-corrected chi connectivity index (χ3v) is 4.27. The van der Waals surface area contributed by atoms with Crippen molar-refractivity contribution in [2.75, 3.05) is 32.7 Å². The van der Waals surface area contributed by atoms with Gasteiger partial charge in [0.15, 0.2) is 5.96 Å². The molecule has 2 rings (SSSR count). The first-order chi connectivity index (χ1) is 12.3. The zero-order valence-corrected chi connectivity index (χ0v) is 15.3. The smallest absolute Gasteiger partial charge is 0.222 e. The second-order valence-corrected chi connectivity index (χ2v) is 6.30. The molecule has 1 aromatic rings. The molecule has 1 saturated heterocycles. The van der Waals surface area contributed by atoms with Crippen molar-refractivity contribution in [3.63, 3.8) is 0 Å². The molecular weight excluding hydrogens is 314 g/mol. The van der Waals surface area contributed by atoms with Crippen molar-refractivity contribution in [2.45, 2.75) is 45.4 Å². The lowest BCUT2D eigenvalue weighted by molar-refractivity contribution is -0.130. The van der Waals surface area contributed by atoms with E-state index in [0.29, 0.717) is 12.3 Å². The van der Waals surface area contributed by atoms with Crippen LogP contribution in [0.25, 0.3) is 0 Å². The molecule has 0 unspecified atom stereocenters.